The van der Waals surface area contributed by atoms with Crippen molar-refractivity contribution in [2.24, 2.45) is 0 Å². The van der Waals surface area contributed by atoms with E-state index in [1.54, 1.807) is 46.4 Å². The number of hydrogen-bond acceptors (Lipinski definition) is 8. The molecule has 37 heavy (non-hydrogen) atoms. The number of hydrogen-bond donors (Lipinski definition) is 0. The number of nitrogens with zero attached hydrogens (tertiary/aromatic N) is 4. The lowest BCUT2D eigenvalue weighted by Gasteiger charge is -2.34. The molecule has 1 aliphatic carbocycles. The molecule has 2 aliphatic rings. The van der Waals surface area contributed by atoms with Gasteiger partial charge in [-0.25, -0.2) is 9.78 Å². The number of thioether (sulfide) groups is 1. The molecule has 0 atom stereocenters. The minimum absolute atomic E-state index is 0.0415. The summed E-state index contributed by atoms with van der Waals surface area (Å²) < 4.78 is 11.8. The minimum Gasteiger partial charge on any atom is -0.465 e. The Morgan fingerprint density at radius 2 is 1.65 bits per heavy atom. The maximum Gasteiger partial charge on any atom is 0.409 e. The monoisotopic (exact) mass is 530 g/mol. The van der Waals surface area contributed by atoms with E-state index in [-0.39, 0.29) is 35.3 Å². The molecule has 0 N–H and O–H groups in total. The van der Waals surface area contributed by atoms with Crippen LogP contribution in [-0.4, -0.2) is 82.5 Å². The van der Waals surface area contributed by atoms with E-state index < -0.39 is 0 Å². The standard InChI is InChI=1S/C26H34N4O6S/c1-3-35-22(31)17-37-25-27-21-16-18(23(32)28-12-14-29(15-13-28)26(34)36-4-2)10-11-20(21)24(33)30(25)19-8-6-5-7-9-19/h10-11,16,19H,3-9,12-15,17H2,1-2H3. The van der Waals surface area contributed by atoms with Gasteiger partial charge in [-0.3, -0.25) is 19.0 Å². The predicted octanol–water partition coefficient (Wildman–Crippen LogP) is 3.47. The van der Waals surface area contributed by atoms with Gasteiger partial charge < -0.3 is 19.3 Å². The zero-order valence-corrected chi connectivity index (χ0v) is 22.3. The van der Waals surface area contributed by atoms with Crippen LogP contribution in [0.15, 0.2) is 28.2 Å². The lowest BCUT2D eigenvalue weighted by molar-refractivity contribution is -0.139. The first kappa shape index (κ1) is 27.0. The third-order valence-corrected chi connectivity index (χ3v) is 7.70. The molecule has 2 amide bonds. The number of esters is 1. The molecule has 1 aromatic carbocycles. The van der Waals surface area contributed by atoms with Crippen molar-refractivity contribution in [3.05, 3.63) is 34.1 Å². The van der Waals surface area contributed by atoms with Crippen LogP contribution in [0.5, 0.6) is 0 Å². The molecule has 0 unspecified atom stereocenters. The zero-order valence-electron chi connectivity index (χ0n) is 21.4. The molecule has 1 saturated carbocycles. The first-order chi connectivity index (χ1) is 17.9. The van der Waals surface area contributed by atoms with Crippen molar-refractivity contribution < 1.29 is 23.9 Å². The Kier molecular flexibility index (Phi) is 9.07. The third-order valence-electron chi connectivity index (χ3n) is 6.77. The highest BCUT2D eigenvalue weighted by molar-refractivity contribution is 7.99. The van der Waals surface area contributed by atoms with E-state index in [0.717, 1.165) is 32.1 Å². The number of carbonyl (C=O) groups is 3. The van der Waals surface area contributed by atoms with Crippen molar-refractivity contribution in [3.8, 4) is 0 Å². The normalized spacial score (nSPS) is 16.6. The number of piperazine rings is 1. The number of rotatable bonds is 7. The van der Waals surface area contributed by atoms with Crippen LogP contribution in [0.4, 0.5) is 4.79 Å². The summed E-state index contributed by atoms with van der Waals surface area (Å²) in [6.45, 7) is 5.71. The molecule has 2 fully saturated rings. The highest BCUT2D eigenvalue weighted by atomic mass is 32.2. The van der Waals surface area contributed by atoms with Gasteiger partial charge in [-0.2, -0.15) is 0 Å². The average molecular weight is 531 g/mol. The van der Waals surface area contributed by atoms with Crippen molar-refractivity contribution in [2.75, 3.05) is 45.1 Å². The first-order valence-electron chi connectivity index (χ1n) is 13.0. The summed E-state index contributed by atoms with van der Waals surface area (Å²) in [5, 5.41) is 0.930. The first-order valence-corrected chi connectivity index (χ1v) is 14.0. The van der Waals surface area contributed by atoms with Crippen molar-refractivity contribution in [1.82, 2.24) is 19.4 Å². The second kappa shape index (κ2) is 12.4. The molecule has 4 rings (SSSR count). The molecule has 0 bridgehead atoms. The van der Waals surface area contributed by atoms with Gasteiger partial charge in [-0.1, -0.05) is 31.0 Å². The smallest absolute Gasteiger partial charge is 0.409 e. The summed E-state index contributed by atoms with van der Waals surface area (Å²) in [5.41, 5.74) is 0.713. The largest absolute Gasteiger partial charge is 0.465 e. The molecule has 1 saturated heterocycles. The molecule has 1 aliphatic heterocycles. The summed E-state index contributed by atoms with van der Waals surface area (Å²) in [4.78, 5) is 58.9. The van der Waals surface area contributed by atoms with Crippen LogP contribution in [0.3, 0.4) is 0 Å². The topological polar surface area (TPSA) is 111 Å². The zero-order chi connectivity index (χ0) is 26.4. The van der Waals surface area contributed by atoms with E-state index in [1.807, 2.05) is 0 Å². The van der Waals surface area contributed by atoms with Gasteiger partial charge in [0, 0.05) is 37.8 Å². The van der Waals surface area contributed by atoms with Gasteiger partial charge >= 0.3 is 12.1 Å². The van der Waals surface area contributed by atoms with E-state index in [9.17, 15) is 19.2 Å². The average Bonchev–Trinajstić information content (AvgIpc) is 2.92. The fourth-order valence-corrected chi connectivity index (χ4v) is 5.75. The number of carbonyl (C=O) groups excluding carboxylic acids is 3. The maximum absolute atomic E-state index is 13.6. The van der Waals surface area contributed by atoms with Gasteiger partial charge in [0.2, 0.25) is 0 Å². The highest BCUT2D eigenvalue weighted by Crippen LogP contribution is 2.31. The summed E-state index contributed by atoms with van der Waals surface area (Å²) in [6.07, 6.45) is 4.67. The van der Waals surface area contributed by atoms with Crippen LogP contribution in [-0.2, 0) is 14.3 Å². The number of fused-ring (bicyclic) bond motifs is 1. The van der Waals surface area contributed by atoms with E-state index in [0.29, 0.717) is 61.0 Å². The van der Waals surface area contributed by atoms with Crippen LogP contribution in [0.25, 0.3) is 10.9 Å². The number of benzene rings is 1. The van der Waals surface area contributed by atoms with E-state index in [4.69, 9.17) is 14.5 Å². The van der Waals surface area contributed by atoms with Gasteiger partial charge in [-0.05, 0) is 44.9 Å². The summed E-state index contributed by atoms with van der Waals surface area (Å²) in [5.74, 6) is -0.477. The quantitative estimate of drug-likeness (QED) is 0.304. The lowest BCUT2D eigenvalue weighted by atomic mass is 9.95. The Morgan fingerprint density at radius 3 is 2.32 bits per heavy atom. The highest BCUT2D eigenvalue weighted by Gasteiger charge is 2.27. The lowest BCUT2D eigenvalue weighted by Crippen LogP contribution is -2.50. The molecular formula is C26H34N4O6S. The van der Waals surface area contributed by atoms with E-state index >= 15 is 0 Å². The molecule has 11 heteroatoms. The second-order valence-corrected chi connectivity index (χ2v) is 10.1. The Hall–Kier alpha value is -3.08. The fraction of sp³-hybridized carbons (Fsp3) is 0.577. The maximum atomic E-state index is 13.6. The Labute approximate surface area is 220 Å². The van der Waals surface area contributed by atoms with Crippen molar-refractivity contribution in [2.45, 2.75) is 57.1 Å². The third kappa shape index (κ3) is 6.26. The summed E-state index contributed by atoms with van der Waals surface area (Å²) >= 11 is 1.20. The molecule has 1 aromatic heterocycles. The van der Waals surface area contributed by atoms with Crippen LogP contribution in [0.2, 0.25) is 0 Å². The van der Waals surface area contributed by atoms with Crippen molar-refractivity contribution in [3.63, 3.8) is 0 Å². The van der Waals surface area contributed by atoms with Crippen LogP contribution in [0.1, 0.15) is 62.4 Å². The molecule has 2 aromatic rings. The predicted molar refractivity (Wildman–Crippen MR) is 140 cm³/mol. The summed E-state index contributed by atoms with van der Waals surface area (Å²) in [6, 6.07) is 5.03. The molecule has 200 valence electrons. The van der Waals surface area contributed by atoms with Crippen LogP contribution < -0.4 is 5.56 Å². The van der Waals surface area contributed by atoms with Gasteiger partial charge in [0.1, 0.15) is 0 Å². The van der Waals surface area contributed by atoms with Gasteiger partial charge in [-0.15, -0.1) is 0 Å². The number of aromatic nitrogens is 2. The Morgan fingerprint density at radius 1 is 0.973 bits per heavy atom. The van der Waals surface area contributed by atoms with E-state index in [1.165, 1.54) is 11.8 Å². The molecule has 0 radical (unpaired) electrons. The molecular weight excluding hydrogens is 496 g/mol. The van der Waals surface area contributed by atoms with Crippen LogP contribution in [0, 0.1) is 0 Å². The van der Waals surface area contributed by atoms with Gasteiger partial charge in [0.25, 0.3) is 11.5 Å². The van der Waals surface area contributed by atoms with Crippen molar-refractivity contribution >= 4 is 40.6 Å². The Bertz CT molecular complexity index is 1200. The van der Waals surface area contributed by atoms with Gasteiger partial charge in [0.15, 0.2) is 5.16 Å². The molecule has 0 spiro atoms. The van der Waals surface area contributed by atoms with Gasteiger partial charge in [0.05, 0.1) is 29.9 Å². The fourth-order valence-electron chi connectivity index (χ4n) is 4.89. The SMILES string of the molecule is CCOC(=O)CSc1nc2cc(C(=O)N3CCN(C(=O)OCC)CC3)ccc2c(=O)n1C1CCCCC1. The second-order valence-electron chi connectivity index (χ2n) is 9.17. The minimum atomic E-state index is -0.369. The van der Waals surface area contributed by atoms with Crippen molar-refractivity contribution in [1.29, 1.82) is 0 Å². The molecule has 2 heterocycles. The number of ether oxygens (including phenoxy) is 2. The molecule has 10 nitrogen and oxygen atoms in total. The van der Waals surface area contributed by atoms with Crippen LogP contribution >= 0.6 is 11.8 Å². The summed E-state index contributed by atoms with van der Waals surface area (Å²) in [7, 11) is 0. The number of amides is 2. The Balaban J connectivity index is 1.60. The van der Waals surface area contributed by atoms with E-state index in [2.05, 4.69) is 0 Å².